The van der Waals surface area contributed by atoms with Crippen LogP contribution in [0.5, 0.6) is 0 Å². The SMILES string of the molecule is CCCCCC1OC1C/C=C\CCCCCCCC(=O)OC[C@H](COP(=O)(O)OP(=O)(O)OC[C@H]1O[C@@H](n2ccc(N)nc2=O)[C@H](O)[C@@H]1O)OC(=O)CCCCCCCCCCCCCCCCC(C)C. The van der Waals surface area contributed by atoms with Crippen molar-refractivity contribution < 1.29 is 71.0 Å². The van der Waals surface area contributed by atoms with Gasteiger partial charge in [-0.25, -0.2) is 13.9 Å². The van der Waals surface area contributed by atoms with Crippen LogP contribution in [0, 0.1) is 5.92 Å². The molecule has 3 heterocycles. The second kappa shape index (κ2) is 35.6. The molecule has 71 heavy (non-hydrogen) atoms. The largest absolute Gasteiger partial charge is 0.481 e. The van der Waals surface area contributed by atoms with E-state index < -0.39 is 83.7 Å². The minimum absolute atomic E-state index is 0.0489. The molecule has 2 fully saturated rings. The van der Waals surface area contributed by atoms with Crippen LogP contribution in [0.4, 0.5) is 5.82 Å². The maximum atomic E-state index is 12.9. The number of hydrogen-bond donors (Lipinski definition) is 5. The minimum atomic E-state index is -5.43. The number of carbonyl (C=O) groups excluding carboxylic acids is 2. The maximum absolute atomic E-state index is 12.9. The van der Waals surface area contributed by atoms with E-state index in [1.807, 2.05) is 0 Å². The van der Waals surface area contributed by atoms with Crippen LogP contribution in [0.1, 0.15) is 207 Å². The van der Waals surface area contributed by atoms with E-state index in [4.69, 9.17) is 33.7 Å². The molecule has 3 rings (SSSR count). The molecular formula is C50H89N3O16P2. The van der Waals surface area contributed by atoms with Crippen molar-refractivity contribution in [2.45, 2.75) is 243 Å². The van der Waals surface area contributed by atoms with Crippen molar-refractivity contribution in [3.05, 3.63) is 34.9 Å². The Kier molecular flexibility index (Phi) is 31.5. The number of anilines is 1. The first-order valence-corrected chi connectivity index (χ1v) is 29.7. The lowest BCUT2D eigenvalue weighted by Gasteiger charge is -2.21. The van der Waals surface area contributed by atoms with Gasteiger partial charge in [0.25, 0.3) is 0 Å². The molecule has 2 aliphatic rings. The van der Waals surface area contributed by atoms with Crippen LogP contribution in [-0.4, -0.2) is 97.9 Å². The first-order chi connectivity index (χ1) is 34.0. The zero-order valence-electron chi connectivity index (χ0n) is 42.9. The monoisotopic (exact) mass is 1050 g/mol. The van der Waals surface area contributed by atoms with Crippen molar-refractivity contribution in [1.29, 1.82) is 0 Å². The molecule has 2 saturated heterocycles. The smallest absolute Gasteiger partial charge is 0.462 e. The normalized spacial score (nSPS) is 22.1. The van der Waals surface area contributed by atoms with Gasteiger partial charge in [-0.1, -0.05) is 161 Å². The molecule has 0 radical (unpaired) electrons. The molecule has 9 atom stereocenters. The average molecular weight is 1050 g/mol. The molecule has 1 aromatic rings. The molecule has 0 saturated carbocycles. The summed E-state index contributed by atoms with van der Waals surface area (Å²) >= 11 is 0. The number of phosphoric ester groups is 2. The third kappa shape index (κ3) is 28.6. The number of aliphatic hydroxyl groups is 2. The summed E-state index contributed by atoms with van der Waals surface area (Å²) in [6, 6.07) is 1.25. The summed E-state index contributed by atoms with van der Waals surface area (Å²) in [5, 5.41) is 20.9. The number of rotatable bonds is 43. The Morgan fingerprint density at radius 1 is 0.732 bits per heavy atom. The van der Waals surface area contributed by atoms with Crippen LogP contribution >= 0.6 is 15.6 Å². The second-order valence-electron chi connectivity index (χ2n) is 19.6. The third-order valence-electron chi connectivity index (χ3n) is 12.7. The number of allylic oxidation sites excluding steroid dienone is 1. The summed E-state index contributed by atoms with van der Waals surface area (Å²) in [4.78, 5) is 62.0. The van der Waals surface area contributed by atoms with Gasteiger partial charge in [0.1, 0.15) is 30.7 Å². The molecule has 1 aromatic heterocycles. The number of nitrogens with two attached hydrogens (primary N) is 1. The van der Waals surface area contributed by atoms with Crippen molar-refractivity contribution in [3.63, 3.8) is 0 Å². The number of hydrogen-bond acceptors (Lipinski definition) is 16. The van der Waals surface area contributed by atoms with E-state index in [0.29, 0.717) is 25.0 Å². The Morgan fingerprint density at radius 3 is 1.92 bits per heavy atom. The van der Waals surface area contributed by atoms with E-state index in [-0.39, 0.29) is 18.7 Å². The number of aromatic nitrogens is 2. The summed E-state index contributed by atoms with van der Waals surface area (Å²) < 4.78 is 62.6. The van der Waals surface area contributed by atoms with Gasteiger partial charge in [-0.15, -0.1) is 0 Å². The molecular weight excluding hydrogens is 961 g/mol. The lowest BCUT2D eigenvalue weighted by Crippen LogP contribution is -2.36. The molecule has 410 valence electrons. The Bertz CT molecular complexity index is 1820. The fourth-order valence-electron chi connectivity index (χ4n) is 8.45. The predicted octanol–water partition coefficient (Wildman–Crippen LogP) is 10.1. The Hall–Kier alpha value is -2.54. The average Bonchev–Trinajstić information content (AvgIpc) is 4.00. The highest BCUT2D eigenvalue weighted by Gasteiger charge is 2.46. The molecule has 0 aromatic carbocycles. The number of carbonyl (C=O) groups is 2. The first-order valence-electron chi connectivity index (χ1n) is 26.7. The molecule has 0 spiro atoms. The van der Waals surface area contributed by atoms with Crippen LogP contribution in [0.25, 0.3) is 0 Å². The van der Waals surface area contributed by atoms with Gasteiger partial charge >= 0.3 is 33.3 Å². The molecule has 2 aliphatic heterocycles. The summed E-state index contributed by atoms with van der Waals surface area (Å²) in [6.45, 7) is 4.45. The van der Waals surface area contributed by atoms with Crippen LogP contribution in [0.2, 0.25) is 0 Å². The van der Waals surface area contributed by atoms with Crippen LogP contribution in [-0.2, 0) is 51.0 Å². The van der Waals surface area contributed by atoms with Crippen molar-refractivity contribution in [2.75, 3.05) is 25.6 Å². The number of unbranched alkanes of at least 4 members (excludes halogenated alkanes) is 20. The van der Waals surface area contributed by atoms with Gasteiger partial charge in [0.15, 0.2) is 12.3 Å². The van der Waals surface area contributed by atoms with Crippen molar-refractivity contribution in [2.24, 2.45) is 5.92 Å². The fourth-order valence-corrected chi connectivity index (χ4v) is 10.6. The summed E-state index contributed by atoms with van der Waals surface area (Å²) in [7, 11) is -10.8. The van der Waals surface area contributed by atoms with Gasteiger partial charge in [0.2, 0.25) is 0 Å². The topological polar surface area (TPSA) is 278 Å². The fraction of sp³-hybridized carbons (Fsp3) is 0.840. The summed E-state index contributed by atoms with van der Waals surface area (Å²) in [6.07, 6.45) is 27.4. The number of esters is 2. The maximum Gasteiger partial charge on any atom is 0.481 e. The molecule has 0 aliphatic carbocycles. The van der Waals surface area contributed by atoms with Crippen molar-refractivity contribution >= 4 is 33.4 Å². The molecule has 6 N–H and O–H groups in total. The van der Waals surface area contributed by atoms with E-state index in [1.54, 1.807) is 0 Å². The highest BCUT2D eigenvalue weighted by atomic mass is 31.3. The van der Waals surface area contributed by atoms with Gasteiger partial charge in [-0.2, -0.15) is 9.29 Å². The quantitative estimate of drug-likeness (QED) is 0.0134. The van der Waals surface area contributed by atoms with Gasteiger partial charge in [-0.05, 0) is 50.5 Å². The number of epoxide rings is 1. The number of nitrogen functional groups attached to an aromatic ring is 1. The lowest BCUT2D eigenvalue weighted by molar-refractivity contribution is -0.161. The van der Waals surface area contributed by atoms with Crippen molar-refractivity contribution in [1.82, 2.24) is 9.55 Å². The molecule has 21 heteroatoms. The van der Waals surface area contributed by atoms with E-state index in [2.05, 4.69) is 42.2 Å². The Morgan fingerprint density at radius 2 is 1.31 bits per heavy atom. The highest BCUT2D eigenvalue weighted by molar-refractivity contribution is 7.61. The second-order valence-corrected chi connectivity index (χ2v) is 22.6. The number of nitrogens with zero attached hydrogens (tertiary/aromatic N) is 2. The Labute approximate surface area is 422 Å². The van der Waals surface area contributed by atoms with E-state index >= 15 is 0 Å². The highest BCUT2D eigenvalue weighted by Crippen LogP contribution is 2.60. The van der Waals surface area contributed by atoms with E-state index in [1.165, 1.54) is 95.7 Å². The number of aliphatic hydroxyl groups excluding tert-OH is 2. The zero-order valence-corrected chi connectivity index (χ0v) is 44.7. The van der Waals surface area contributed by atoms with E-state index in [0.717, 1.165) is 81.1 Å². The first kappa shape index (κ1) is 62.8. The number of ether oxygens (including phenoxy) is 4. The molecule has 4 unspecified atom stereocenters. The number of phosphoric acid groups is 2. The van der Waals surface area contributed by atoms with Crippen LogP contribution in [0.3, 0.4) is 0 Å². The third-order valence-corrected chi connectivity index (χ3v) is 15.3. The Balaban J connectivity index is 1.38. The predicted molar refractivity (Wildman–Crippen MR) is 270 cm³/mol. The molecule has 0 amide bonds. The van der Waals surface area contributed by atoms with Gasteiger partial charge in [0.05, 0.1) is 25.4 Å². The molecule has 0 bridgehead atoms. The lowest BCUT2D eigenvalue weighted by atomic mass is 10.0. The van der Waals surface area contributed by atoms with Gasteiger partial charge in [0, 0.05) is 19.0 Å². The summed E-state index contributed by atoms with van der Waals surface area (Å²) in [5.74, 6) is -0.514. The summed E-state index contributed by atoms with van der Waals surface area (Å²) in [5.41, 5.74) is 4.59. The minimum Gasteiger partial charge on any atom is -0.462 e. The van der Waals surface area contributed by atoms with Gasteiger partial charge < -0.3 is 44.7 Å². The zero-order chi connectivity index (χ0) is 51.9. The van der Waals surface area contributed by atoms with E-state index in [9.17, 15) is 43.5 Å². The van der Waals surface area contributed by atoms with Crippen LogP contribution in [0.15, 0.2) is 29.2 Å². The molecule has 19 nitrogen and oxygen atoms in total. The standard InChI is InChI=1S/C50H89N3O16P2/c1-4-5-24-30-41-42(67-41)31-26-21-17-14-15-18-22-27-32-45(54)63-36-40(66-46(55)33-28-23-19-13-11-9-7-6-8-10-12-16-20-25-29-39(2)3)37-64-70(59,60)69-71(61,62)65-38-43-47(56)48(57)49(68-43)53-35-34-44(51)52-50(53)58/h21,26,34-35,39-43,47-49,56-57H,4-20,22-25,27-33,36-38H2,1-3H3,(H,59,60)(H,61,62)(H2,51,52,58)/b26-21-/t40-,41?,42?,43-,47-,48-,49-/m1/s1. The van der Waals surface area contributed by atoms with Gasteiger partial charge in [-0.3, -0.25) is 23.2 Å². The van der Waals surface area contributed by atoms with Crippen LogP contribution < -0.4 is 11.4 Å². The van der Waals surface area contributed by atoms with Crippen molar-refractivity contribution in [3.8, 4) is 0 Å².